The molecule has 1 aliphatic rings. The molecule has 2 heterocycles. The molecule has 1 fully saturated rings. The van der Waals surface area contributed by atoms with E-state index in [4.69, 9.17) is 0 Å². The number of amides is 1. The summed E-state index contributed by atoms with van der Waals surface area (Å²) in [6.45, 7) is 1.70. The van der Waals surface area contributed by atoms with Crippen molar-refractivity contribution in [2.75, 3.05) is 19.6 Å². The predicted octanol–water partition coefficient (Wildman–Crippen LogP) is 2.16. The molecule has 0 atom stereocenters. The fraction of sp³-hybridized carbons (Fsp3) is 0.400. The lowest BCUT2D eigenvalue weighted by atomic mass is 10.1. The Morgan fingerprint density at radius 1 is 1.04 bits per heavy atom. The van der Waals surface area contributed by atoms with Gasteiger partial charge in [0.15, 0.2) is 0 Å². The van der Waals surface area contributed by atoms with Gasteiger partial charge in [0.2, 0.25) is 15.9 Å². The third-order valence-corrected chi connectivity index (χ3v) is 6.58. The summed E-state index contributed by atoms with van der Waals surface area (Å²) < 4.78 is 26.8. The van der Waals surface area contributed by atoms with Gasteiger partial charge in [-0.05, 0) is 42.7 Å². The smallest absolute Gasteiger partial charge is 0.243 e. The third-order valence-electron chi connectivity index (χ3n) is 4.67. The quantitative estimate of drug-likeness (QED) is 0.790. The van der Waals surface area contributed by atoms with Gasteiger partial charge >= 0.3 is 0 Å². The first kappa shape index (κ1) is 19.5. The molecular weight excluding hydrogens is 362 g/mol. The monoisotopic (exact) mass is 387 g/mol. The highest BCUT2D eigenvalue weighted by Crippen LogP contribution is 2.20. The minimum Gasteiger partial charge on any atom is -0.355 e. The maximum atomic E-state index is 12.6. The lowest BCUT2D eigenvalue weighted by Gasteiger charge is -2.25. The van der Waals surface area contributed by atoms with Crippen LogP contribution in [0.25, 0.3) is 0 Å². The van der Waals surface area contributed by atoms with E-state index in [1.54, 1.807) is 34.8 Å². The van der Waals surface area contributed by atoms with Crippen LogP contribution in [-0.4, -0.2) is 43.2 Å². The highest BCUT2D eigenvalue weighted by molar-refractivity contribution is 7.89. The summed E-state index contributed by atoms with van der Waals surface area (Å²) in [6.07, 6.45) is 5.55. The summed E-state index contributed by atoms with van der Waals surface area (Å²) in [6, 6.07) is 12.3. The summed E-state index contributed by atoms with van der Waals surface area (Å²) in [5.74, 6) is -0.0856. The molecule has 27 heavy (non-hydrogen) atoms. The molecule has 3 rings (SSSR count). The third kappa shape index (κ3) is 5.37. The van der Waals surface area contributed by atoms with Gasteiger partial charge in [-0.3, -0.25) is 9.78 Å². The number of rotatable bonds is 7. The number of nitrogens with one attached hydrogen (secondary N) is 1. The van der Waals surface area contributed by atoms with Crippen LogP contribution in [0.1, 0.15) is 30.5 Å². The van der Waals surface area contributed by atoms with Gasteiger partial charge in [0.1, 0.15) is 0 Å². The van der Waals surface area contributed by atoms with Crippen molar-refractivity contribution in [3.05, 3.63) is 59.9 Å². The molecule has 0 radical (unpaired) electrons. The second-order valence-electron chi connectivity index (χ2n) is 6.71. The minimum atomic E-state index is -3.43. The van der Waals surface area contributed by atoms with Crippen molar-refractivity contribution in [3.63, 3.8) is 0 Å². The molecule has 1 aromatic heterocycles. The van der Waals surface area contributed by atoms with Crippen molar-refractivity contribution in [2.24, 2.45) is 0 Å². The van der Waals surface area contributed by atoms with Crippen molar-refractivity contribution in [3.8, 4) is 0 Å². The van der Waals surface area contributed by atoms with E-state index in [9.17, 15) is 13.2 Å². The van der Waals surface area contributed by atoms with Gasteiger partial charge < -0.3 is 5.32 Å². The van der Waals surface area contributed by atoms with Crippen LogP contribution in [0.2, 0.25) is 0 Å². The first-order chi connectivity index (χ1) is 13.1. The molecule has 0 unspecified atom stereocenters. The fourth-order valence-corrected chi connectivity index (χ4v) is 4.67. The Labute approximate surface area is 160 Å². The molecule has 1 saturated heterocycles. The normalized spacial score (nSPS) is 15.4. The van der Waals surface area contributed by atoms with Gasteiger partial charge in [-0.15, -0.1) is 0 Å². The summed E-state index contributed by atoms with van der Waals surface area (Å²) in [5.41, 5.74) is 1.73. The topological polar surface area (TPSA) is 79.4 Å². The number of aromatic nitrogens is 1. The molecule has 0 spiro atoms. The van der Waals surface area contributed by atoms with Crippen LogP contribution in [-0.2, 0) is 27.7 Å². The first-order valence-corrected chi connectivity index (χ1v) is 10.8. The highest BCUT2D eigenvalue weighted by atomic mass is 32.2. The molecule has 144 valence electrons. The van der Waals surface area contributed by atoms with Crippen molar-refractivity contribution >= 4 is 15.9 Å². The van der Waals surface area contributed by atoms with Crippen molar-refractivity contribution < 1.29 is 13.2 Å². The van der Waals surface area contributed by atoms with Gasteiger partial charge in [0, 0.05) is 37.9 Å². The van der Waals surface area contributed by atoms with Crippen LogP contribution in [0, 0.1) is 0 Å². The Balaban J connectivity index is 1.51. The molecule has 1 N–H and O–H groups in total. The second kappa shape index (κ2) is 9.10. The van der Waals surface area contributed by atoms with E-state index < -0.39 is 10.0 Å². The Morgan fingerprint density at radius 3 is 2.44 bits per heavy atom. The average molecular weight is 388 g/mol. The standard InChI is InChI=1S/C20H25N3O3S/c24-20(22-13-11-18-6-2-3-12-21-18)16-17-7-9-19(10-8-17)27(25,26)23-14-4-1-5-15-23/h2-3,6-10,12H,1,4-5,11,13-16H2,(H,22,24). The van der Waals surface area contributed by atoms with Crippen LogP contribution in [0.15, 0.2) is 53.6 Å². The van der Waals surface area contributed by atoms with Gasteiger partial charge in [-0.1, -0.05) is 24.6 Å². The van der Waals surface area contributed by atoms with E-state index >= 15 is 0 Å². The Kier molecular flexibility index (Phi) is 6.58. The number of piperidine rings is 1. The van der Waals surface area contributed by atoms with E-state index in [2.05, 4.69) is 10.3 Å². The Bertz CT molecular complexity index is 846. The number of benzene rings is 1. The summed E-state index contributed by atoms with van der Waals surface area (Å²) >= 11 is 0. The average Bonchev–Trinajstić information content (AvgIpc) is 2.70. The predicted molar refractivity (Wildman–Crippen MR) is 104 cm³/mol. The van der Waals surface area contributed by atoms with Gasteiger partial charge in [-0.25, -0.2) is 8.42 Å². The van der Waals surface area contributed by atoms with Gasteiger partial charge in [0.25, 0.3) is 0 Å². The van der Waals surface area contributed by atoms with E-state index in [-0.39, 0.29) is 12.3 Å². The van der Waals surface area contributed by atoms with Crippen molar-refractivity contribution in [1.82, 2.24) is 14.6 Å². The second-order valence-corrected chi connectivity index (χ2v) is 8.64. The Hall–Kier alpha value is -2.25. The number of pyridine rings is 1. The fourth-order valence-electron chi connectivity index (χ4n) is 3.16. The molecule has 6 nitrogen and oxygen atoms in total. The molecule has 0 saturated carbocycles. The molecule has 2 aromatic rings. The SMILES string of the molecule is O=C(Cc1ccc(S(=O)(=O)N2CCCCC2)cc1)NCCc1ccccn1. The zero-order chi connectivity index (χ0) is 19.1. The number of carbonyl (C=O) groups excluding carboxylic acids is 1. The highest BCUT2D eigenvalue weighted by Gasteiger charge is 2.25. The van der Waals surface area contributed by atoms with Crippen molar-refractivity contribution in [2.45, 2.75) is 37.0 Å². The van der Waals surface area contributed by atoms with Crippen LogP contribution in [0.3, 0.4) is 0 Å². The van der Waals surface area contributed by atoms with Crippen molar-refractivity contribution in [1.29, 1.82) is 0 Å². The number of hydrogen-bond donors (Lipinski definition) is 1. The summed E-state index contributed by atoms with van der Waals surface area (Å²) in [7, 11) is -3.43. The molecule has 7 heteroatoms. The van der Waals surface area contributed by atoms with E-state index in [1.165, 1.54) is 0 Å². The maximum Gasteiger partial charge on any atom is 0.243 e. The van der Waals surface area contributed by atoms with Crippen LogP contribution in [0.4, 0.5) is 0 Å². The van der Waals surface area contributed by atoms with Gasteiger partial charge in [0.05, 0.1) is 11.3 Å². The van der Waals surface area contributed by atoms with E-state index in [0.29, 0.717) is 31.0 Å². The molecule has 1 aliphatic heterocycles. The summed E-state index contributed by atoms with van der Waals surface area (Å²) in [4.78, 5) is 16.6. The molecule has 1 amide bonds. The lowest BCUT2D eigenvalue weighted by molar-refractivity contribution is -0.120. The van der Waals surface area contributed by atoms with E-state index in [1.807, 2.05) is 18.2 Å². The van der Waals surface area contributed by atoms with Gasteiger partial charge in [-0.2, -0.15) is 4.31 Å². The minimum absolute atomic E-state index is 0.0856. The number of hydrogen-bond acceptors (Lipinski definition) is 4. The lowest BCUT2D eigenvalue weighted by Crippen LogP contribution is -2.35. The zero-order valence-corrected chi connectivity index (χ0v) is 16.1. The number of carbonyl (C=O) groups is 1. The Morgan fingerprint density at radius 2 is 1.78 bits per heavy atom. The molecule has 0 bridgehead atoms. The largest absolute Gasteiger partial charge is 0.355 e. The molecule has 1 aromatic carbocycles. The van der Waals surface area contributed by atoms with Crippen LogP contribution in [0.5, 0.6) is 0 Å². The molecular formula is C20H25N3O3S. The van der Waals surface area contributed by atoms with Crippen LogP contribution >= 0.6 is 0 Å². The first-order valence-electron chi connectivity index (χ1n) is 9.31. The maximum absolute atomic E-state index is 12.6. The van der Waals surface area contributed by atoms with Crippen LogP contribution < -0.4 is 5.32 Å². The van der Waals surface area contributed by atoms with E-state index in [0.717, 1.165) is 30.5 Å². The summed E-state index contributed by atoms with van der Waals surface area (Å²) in [5, 5.41) is 2.87. The number of sulfonamides is 1. The number of nitrogens with zero attached hydrogens (tertiary/aromatic N) is 2. The zero-order valence-electron chi connectivity index (χ0n) is 15.3. The molecule has 0 aliphatic carbocycles.